The van der Waals surface area contributed by atoms with Crippen LogP contribution in [0, 0.1) is 12.7 Å². The molecule has 0 fully saturated rings. The summed E-state index contributed by atoms with van der Waals surface area (Å²) < 4.78 is 19.8. The van der Waals surface area contributed by atoms with Gasteiger partial charge in [-0.25, -0.2) is 4.39 Å². The number of rotatable bonds is 6. The summed E-state index contributed by atoms with van der Waals surface area (Å²) in [5.41, 5.74) is 1.48. The molecule has 1 aromatic heterocycles. The molecule has 1 heterocycles. The van der Waals surface area contributed by atoms with Gasteiger partial charge in [0.2, 0.25) is 5.91 Å². The van der Waals surface area contributed by atoms with E-state index in [1.807, 2.05) is 6.92 Å². The van der Waals surface area contributed by atoms with E-state index in [2.05, 4.69) is 5.10 Å². The minimum atomic E-state index is -0.316. The van der Waals surface area contributed by atoms with E-state index in [0.29, 0.717) is 24.1 Å². The molecule has 2 aromatic rings. The minimum Gasteiger partial charge on any atom is -0.492 e. The number of benzene rings is 1. The van der Waals surface area contributed by atoms with Gasteiger partial charge in [0.25, 0.3) is 0 Å². The Morgan fingerprint density at radius 1 is 1.42 bits per heavy atom. The van der Waals surface area contributed by atoms with E-state index >= 15 is 0 Å². The second kappa shape index (κ2) is 7.97. The molecule has 0 aliphatic heterocycles. The van der Waals surface area contributed by atoms with E-state index in [1.165, 1.54) is 23.1 Å². The SMILES string of the molecule is Cc1nn(C)c(Cl)c1/C=C/C(=O)N(C)CCOc1ccc(F)cc1. The lowest BCUT2D eigenvalue weighted by molar-refractivity contribution is -0.125. The van der Waals surface area contributed by atoms with Gasteiger partial charge < -0.3 is 9.64 Å². The summed E-state index contributed by atoms with van der Waals surface area (Å²) in [7, 11) is 3.42. The van der Waals surface area contributed by atoms with Crippen LogP contribution in [0.4, 0.5) is 4.39 Å². The Balaban J connectivity index is 1.85. The molecule has 7 heteroatoms. The lowest BCUT2D eigenvalue weighted by Crippen LogP contribution is -2.29. The summed E-state index contributed by atoms with van der Waals surface area (Å²) >= 11 is 6.12. The first-order valence-electron chi connectivity index (χ1n) is 7.39. The van der Waals surface area contributed by atoms with Gasteiger partial charge in [-0.15, -0.1) is 0 Å². The molecule has 0 radical (unpaired) electrons. The van der Waals surface area contributed by atoms with Crippen molar-refractivity contribution in [3.63, 3.8) is 0 Å². The van der Waals surface area contributed by atoms with E-state index in [9.17, 15) is 9.18 Å². The zero-order chi connectivity index (χ0) is 17.7. The van der Waals surface area contributed by atoms with Crippen molar-refractivity contribution in [1.82, 2.24) is 14.7 Å². The maximum atomic E-state index is 12.8. The standard InChI is InChI=1S/C17H19ClFN3O2/c1-12-15(17(18)22(3)20-12)8-9-16(23)21(2)10-11-24-14-6-4-13(19)5-7-14/h4-9H,10-11H2,1-3H3/b9-8+. The molecule has 0 atom stereocenters. The summed E-state index contributed by atoms with van der Waals surface area (Å²) in [5, 5.41) is 4.67. The number of halogens is 2. The first-order valence-corrected chi connectivity index (χ1v) is 7.77. The second-order valence-electron chi connectivity index (χ2n) is 5.31. The summed E-state index contributed by atoms with van der Waals surface area (Å²) in [5.74, 6) is 0.0757. The fourth-order valence-corrected chi connectivity index (χ4v) is 2.30. The molecule has 5 nitrogen and oxygen atoms in total. The van der Waals surface area contributed by atoms with Crippen molar-refractivity contribution in [2.75, 3.05) is 20.2 Å². The van der Waals surface area contributed by atoms with Crippen LogP contribution in [0.2, 0.25) is 5.15 Å². The third-order valence-electron chi connectivity index (χ3n) is 3.47. The number of hydrogen-bond acceptors (Lipinski definition) is 3. The normalized spacial score (nSPS) is 11.0. The van der Waals surface area contributed by atoms with Crippen LogP contribution < -0.4 is 4.74 Å². The van der Waals surface area contributed by atoms with Crippen LogP contribution in [0.5, 0.6) is 5.75 Å². The number of hydrogen-bond donors (Lipinski definition) is 0. The Hall–Kier alpha value is -2.34. The molecule has 0 bridgehead atoms. The van der Waals surface area contributed by atoms with Crippen molar-refractivity contribution in [1.29, 1.82) is 0 Å². The van der Waals surface area contributed by atoms with Gasteiger partial charge in [0, 0.05) is 25.7 Å². The van der Waals surface area contributed by atoms with Gasteiger partial charge >= 0.3 is 0 Å². The fourth-order valence-electron chi connectivity index (χ4n) is 2.06. The van der Waals surface area contributed by atoms with Crippen molar-refractivity contribution >= 4 is 23.6 Å². The number of amides is 1. The van der Waals surface area contributed by atoms with Crippen LogP contribution in [0.3, 0.4) is 0 Å². The van der Waals surface area contributed by atoms with E-state index in [1.54, 1.807) is 37.0 Å². The number of aryl methyl sites for hydroxylation is 2. The predicted octanol–water partition coefficient (Wildman–Crippen LogP) is 3.07. The van der Waals surface area contributed by atoms with E-state index < -0.39 is 0 Å². The van der Waals surface area contributed by atoms with Crippen molar-refractivity contribution in [3.05, 3.63) is 52.6 Å². The van der Waals surface area contributed by atoms with Crippen molar-refractivity contribution in [3.8, 4) is 5.75 Å². The smallest absolute Gasteiger partial charge is 0.246 e. The minimum absolute atomic E-state index is 0.169. The molecule has 0 saturated carbocycles. The molecule has 128 valence electrons. The van der Waals surface area contributed by atoms with Gasteiger partial charge in [-0.2, -0.15) is 5.10 Å². The molecule has 1 amide bonds. The average Bonchev–Trinajstić information content (AvgIpc) is 2.79. The predicted molar refractivity (Wildman–Crippen MR) is 91.5 cm³/mol. The largest absolute Gasteiger partial charge is 0.492 e. The quantitative estimate of drug-likeness (QED) is 0.751. The number of carbonyl (C=O) groups excluding carboxylic acids is 1. The number of ether oxygens (including phenoxy) is 1. The Bertz CT molecular complexity index is 741. The monoisotopic (exact) mass is 351 g/mol. The summed E-state index contributed by atoms with van der Waals surface area (Å²) in [6.07, 6.45) is 3.11. The van der Waals surface area contributed by atoms with Gasteiger partial charge in [0.05, 0.1) is 12.2 Å². The first-order chi connectivity index (χ1) is 11.4. The van der Waals surface area contributed by atoms with Crippen LogP contribution in [0.1, 0.15) is 11.3 Å². The third-order valence-corrected chi connectivity index (χ3v) is 3.92. The molecule has 0 aliphatic carbocycles. The molecule has 0 aliphatic rings. The van der Waals surface area contributed by atoms with Crippen molar-refractivity contribution in [2.24, 2.45) is 7.05 Å². The molecule has 24 heavy (non-hydrogen) atoms. The van der Waals surface area contributed by atoms with Crippen molar-refractivity contribution in [2.45, 2.75) is 6.92 Å². The molecule has 1 aromatic carbocycles. The lowest BCUT2D eigenvalue weighted by atomic mass is 10.2. The molecule has 2 rings (SSSR count). The summed E-state index contributed by atoms with van der Waals surface area (Å²) in [6.45, 7) is 2.55. The van der Waals surface area contributed by atoms with E-state index in [4.69, 9.17) is 16.3 Å². The Morgan fingerprint density at radius 2 is 2.08 bits per heavy atom. The number of carbonyl (C=O) groups is 1. The molecular weight excluding hydrogens is 333 g/mol. The molecule has 0 N–H and O–H groups in total. The zero-order valence-corrected chi connectivity index (χ0v) is 14.5. The highest BCUT2D eigenvalue weighted by Gasteiger charge is 2.10. The zero-order valence-electron chi connectivity index (χ0n) is 13.8. The van der Waals surface area contributed by atoms with Crippen LogP contribution in [0.25, 0.3) is 6.08 Å². The van der Waals surface area contributed by atoms with Gasteiger partial charge in [-0.3, -0.25) is 9.48 Å². The van der Waals surface area contributed by atoms with Crippen LogP contribution in [-0.4, -0.2) is 40.8 Å². The Labute approximate surface area is 145 Å². The van der Waals surface area contributed by atoms with Crippen LogP contribution in [-0.2, 0) is 11.8 Å². The number of nitrogens with zero attached hydrogens (tertiary/aromatic N) is 3. The second-order valence-corrected chi connectivity index (χ2v) is 5.67. The van der Waals surface area contributed by atoms with Gasteiger partial charge in [-0.1, -0.05) is 11.6 Å². The highest BCUT2D eigenvalue weighted by atomic mass is 35.5. The van der Waals surface area contributed by atoms with E-state index in [0.717, 1.165) is 11.3 Å². The number of likely N-dealkylation sites (N-methyl/N-ethyl adjacent to an activating group) is 1. The highest BCUT2D eigenvalue weighted by Crippen LogP contribution is 2.20. The maximum Gasteiger partial charge on any atom is 0.246 e. The topological polar surface area (TPSA) is 47.4 Å². The van der Waals surface area contributed by atoms with Crippen LogP contribution >= 0.6 is 11.6 Å². The average molecular weight is 352 g/mol. The fraction of sp³-hybridized carbons (Fsp3) is 0.294. The Morgan fingerprint density at radius 3 is 2.67 bits per heavy atom. The van der Waals surface area contributed by atoms with Crippen LogP contribution in [0.15, 0.2) is 30.3 Å². The molecule has 0 saturated heterocycles. The number of aromatic nitrogens is 2. The van der Waals surface area contributed by atoms with E-state index in [-0.39, 0.29) is 11.7 Å². The summed E-state index contributed by atoms with van der Waals surface area (Å²) in [4.78, 5) is 13.6. The molecule has 0 unspecified atom stereocenters. The molecular formula is C17H19ClFN3O2. The van der Waals surface area contributed by atoms with Gasteiger partial charge in [-0.05, 0) is 37.3 Å². The van der Waals surface area contributed by atoms with Crippen molar-refractivity contribution < 1.29 is 13.9 Å². The Kier molecular flexibility index (Phi) is 5.98. The van der Waals surface area contributed by atoms with Gasteiger partial charge in [0.1, 0.15) is 23.3 Å². The lowest BCUT2D eigenvalue weighted by Gasteiger charge is -2.15. The first kappa shape index (κ1) is 18.0. The third kappa shape index (κ3) is 4.58. The molecule has 0 spiro atoms. The maximum absolute atomic E-state index is 12.8. The van der Waals surface area contributed by atoms with Gasteiger partial charge in [0.15, 0.2) is 0 Å². The summed E-state index contributed by atoms with van der Waals surface area (Å²) in [6, 6.07) is 5.74. The highest BCUT2D eigenvalue weighted by molar-refractivity contribution is 6.31.